The van der Waals surface area contributed by atoms with Crippen molar-refractivity contribution in [1.29, 1.82) is 0 Å². The van der Waals surface area contributed by atoms with Gasteiger partial charge in [0.1, 0.15) is 79.0 Å². The molecule has 2 aliphatic rings. The third kappa shape index (κ3) is 21.6. The lowest BCUT2D eigenvalue weighted by atomic mass is 9.96. The summed E-state index contributed by atoms with van der Waals surface area (Å²) in [6.07, 6.45) is -17.0. The summed E-state index contributed by atoms with van der Waals surface area (Å²) in [7, 11) is -11.7. The van der Waals surface area contributed by atoms with Gasteiger partial charge in [-0.3, -0.25) is 61.7 Å². The first kappa shape index (κ1) is 70.1. The molecule has 0 aliphatic carbocycles. The molecule has 18 N–H and O–H groups in total. The molecule has 0 bridgehead atoms. The average Bonchev–Trinajstić information content (AvgIpc) is 3.89. The van der Waals surface area contributed by atoms with Crippen LogP contribution in [0.2, 0.25) is 0 Å². The summed E-state index contributed by atoms with van der Waals surface area (Å²) in [6, 6.07) is -9.20. The zero-order chi connectivity index (χ0) is 62.1. The lowest BCUT2D eigenvalue weighted by Crippen LogP contribution is -2.66. The van der Waals surface area contributed by atoms with E-state index in [0.29, 0.717) is 11.0 Å². The van der Waals surface area contributed by atoms with Crippen molar-refractivity contribution in [3.8, 4) is 0 Å². The Hall–Kier alpha value is -6.15. The number of H-pyrrole nitrogens is 1. The number of rotatable bonds is 32. The van der Waals surface area contributed by atoms with Crippen molar-refractivity contribution >= 4 is 68.9 Å². The van der Waals surface area contributed by atoms with E-state index >= 15 is 0 Å². The molecule has 3 unspecified atom stereocenters. The molecule has 2 fully saturated rings. The molecule has 1 aromatic rings. The number of carboxylic acid groups (broad SMARTS) is 2. The van der Waals surface area contributed by atoms with Gasteiger partial charge in [-0.2, -0.15) is 4.31 Å². The second kappa shape index (κ2) is 31.5. The van der Waals surface area contributed by atoms with Gasteiger partial charge in [0.25, 0.3) is 5.56 Å². The van der Waals surface area contributed by atoms with E-state index in [-0.39, 0.29) is 19.4 Å². The fourth-order valence-electron chi connectivity index (χ4n) is 7.59. The van der Waals surface area contributed by atoms with E-state index in [2.05, 4.69) is 46.1 Å². The van der Waals surface area contributed by atoms with Gasteiger partial charge in [0.15, 0.2) is 12.5 Å². The Morgan fingerprint density at radius 3 is 1.93 bits per heavy atom. The van der Waals surface area contributed by atoms with Crippen molar-refractivity contribution in [2.45, 2.75) is 171 Å². The number of aliphatic carboxylic acids is 2. The smallest absolute Gasteiger partial charge is 0.480 e. The van der Waals surface area contributed by atoms with Crippen LogP contribution in [-0.2, 0) is 79.8 Å². The number of aromatic amines is 1. The van der Waals surface area contributed by atoms with Crippen LogP contribution in [0.15, 0.2) is 21.9 Å². The predicted molar refractivity (Wildman–Crippen MR) is 270 cm³/mol. The van der Waals surface area contributed by atoms with Crippen LogP contribution < -0.4 is 54.2 Å². The number of phosphoric ester groups is 2. The van der Waals surface area contributed by atoms with Crippen molar-refractivity contribution in [3.05, 3.63) is 33.1 Å². The fourth-order valence-corrected chi connectivity index (χ4v) is 9.75. The lowest BCUT2D eigenvalue weighted by Gasteiger charge is -2.44. The van der Waals surface area contributed by atoms with Gasteiger partial charge in [0.2, 0.25) is 41.4 Å². The third-order valence-corrected chi connectivity index (χ3v) is 14.7. The topological polar surface area (TPSA) is 570 Å². The van der Waals surface area contributed by atoms with Crippen LogP contribution in [0.4, 0.5) is 0 Å². The number of nitrogens with zero attached hydrogens (tertiary/aromatic N) is 1. The largest absolute Gasteiger partial charge is 0.483 e. The highest BCUT2D eigenvalue weighted by Crippen LogP contribution is 2.61. The number of unbranched alkanes of at least 4 members (excludes halogenated alkanes) is 1. The minimum Gasteiger partial charge on any atom is -0.480 e. The number of aliphatic hydroxyl groups is 4. The second-order valence-electron chi connectivity index (χ2n) is 18.8. The van der Waals surface area contributed by atoms with E-state index in [4.69, 9.17) is 29.6 Å². The molecule has 0 aromatic carbocycles. The highest BCUT2D eigenvalue weighted by molar-refractivity contribution is 7.61. The van der Waals surface area contributed by atoms with Crippen LogP contribution in [0.1, 0.15) is 79.9 Å². The molecular formula is C43H70N10O27P2. The van der Waals surface area contributed by atoms with Crippen LogP contribution in [-0.4, -0.2) is 214 Å². The Bertz CT molecular complexity index is 2660. The standard InChI is InChI=1S/C43H70N10O27P2/c1-17(44)34(61)45-13-8-7-9-23(38(65)47-18(2)35(62)48-20(4)40(66)67)50-27(56)11-10-24(41(68)69)51-36(63)19(3)46-37(64)21(5)76-33-29(49-22(6)55)42(78-25(15-54)31(33)59)79-82(73,74)80-81(71,72)75-16-26-30(58)32(60)39(77-26)53-14-12-28(57)52-43(53)70/h12,14,17-21,23-26,29-33,39,42,54,58-60H,7-11,13,15-16,44H2,1-6H3,(H,45,61)(H,46,64)(H,47,65)(H,48,62)(H,49,55)(H,50,56)(H,51,63)(H,66,67)(H,68,69)(H,71,72)(H,73,74)(H,52,57,70)/t17-,18+,19-,20+,21?,23-,24+,25+,26+,29+,30+,31+,32+,33+,39+,42+/m0/s1. The molecule has 82 heavy (non-hydrogen) atoms. The summed E-state index contributed by atoms with van der Waals surface area (Å²) < 4.78 is 57.1. The van der Waals surface area contributed by atoms with E-state index < -0.39 is 204 Å². The van der Waals surface area contributed by atoms with Crippen LogP contribution in [0.25, 0.3) is 0 Å². The monoisotopic (exact) mass is 1220 g/mol. The maximum atomic E-state index is 13.4. The Labute approximate surface area is 464 Å². The van der Waals surface area contributed by atoms with Crippen molar-refractivity contribution in [2.24, 2.45) is 5.73 Å². The minimum atomic E-state index is -5.96. The van der Waals surface area contributed by atoms with Gasteiger partial charge in [0, 0.05) is 32.2 Å². The average molecular weight is 1220 g/mol. The molecule has 7 amide bonds. The molecule has 464 valence electrons. The molecule has 3 rings (SSSR count). The summed E-state index contributed by atoms with van der Waals surface area (Å²) in [5.74, 6) is -9.36. The summed E-state index contributed by atoms with van der Waals surface area (Å²) in [6.45, 7) is 4.80. The number of carbonyl (C=O) groups is 9. The molecule has 18 atom stereocenters. The van der Waals surface area contributed by atoms with Crippen LogP contribution in [0, 0.1) is 0 Å². The highest BCUT2D eigenvalue weighted by atomic mass is 31.3. The van der Waals surface area contributed by atoms with Crippen molar-refractivity contribution in [1.82, 2.24) is 46.8 Å². The SMILES string of the molecule is CC(=O)N[C@H]1[C@@H](OP(=O)(O)OP(=O)(O)OC[C@H]2O[C@@H](n3ccc(=O)[nH]c3=O)[C@H](O)[C@@H]2O)O[C@H](CO)[C@@H](O)[C@@H]1OC(C)C(=O)N[C@@H](C)C(=O)N[C@H](CCC(=O)N[C@@H](CCCCNC(=O)[C@H](C)N)C(=O)N[C@H](C)C(=O)N[C@H](C)C(=O)O)C(=O)O. The Balaban J connectivity index is 1.66. The van der Waals surface area contributed by atoms with E-state index in [9.17, 15) is 97.2 Å². The summed E-state index contributed by atoms with van der Waals surface area (Å²) in [4.78, 5) is 160. The number of amides is 7. The Kier molecular flexibility index (Phi) is 26.9. The van der Waals surface area contributed by atoms with E-state index in [1.807, 2.05) is 4.98 Å². The van der Waals surface area contributed by atoms with E-state index in [1.165, 1.54) is 20.8 Å². The summed E-state index contributed by atoms with van der Waals surface area (Å²) in [5, 5.41) is 77.2. The third-order valence-electron chi connectivity index (χ3n) is 12.1. The van der Waals surface area contributed by atoms with E-state index in [0.717, 1.165) is 33.0 Å². The van der Waals surface area contributed by atoms with Gasteiger partial charge >= 0.3 is 33.3 Å². The number of aromatic nitrogens is 2. The molecule has 39 heteroatoms. The molecule has 3 heterocycles. The van der Waals surface area contributed by atoms with Gasteiger partial charge in [-0.1, -0.05) is 0 Å². The molecule has 0 radical (unpaired) electrons. The summed E-state index contributed by atoms with van der Waals surface area (Å²) >= 11 is 0. The zero-order valence-electron chi connectivity index (χ0n) is 44.8. The first-order valence-corrected chi connectivity index (χ1v) is 28.0. The number of hydrogen-bond acceptors (Lipinski definition) is 24. The minimum absolute atomic E-state index is 0.0665. The number of aliphatic hydroxyl groups excluding tert-OH is 4. The molecule has 2 aliphatic heterocycles. The van der Waals surface area contributed by atoms with Gasteiger partial charge < -0.3 is 97.6 Å². The van der Waals surface area contributed by atoms with Crippen LogP contribution in [0.3, 0.4) is 0 Å². The molecule has 37 nitrogen and oxygen atoms in total. The molecule has 0 spiro atoms. The first-order chi connectivity index (χ1) is 38.1. The van der Waals surface area contributed by atoms with Gasteiger partial charge in [-0.15, -0.1) is 0 Å². The number of nitrogens with one attached hydrogen (secondary N) is 8. The second-order valence-corrected chi connectivity index (χ2v) is 21.8. The van der Waals surface area contributed by atoms with Gasteiger partial charge in [-0.05, 0) is 60.3 Å². The van der Waals surface area contributed by atoms with Crippen molar-refractivity contribution in [2.75, 3.05) is 19.8 Å². The Morgan fingerprint density at radius 1 is 0.744 bits per heavy atom. The molecular weight excluding hydrogens is 1150 g/mol. The number of phosphoric acid groups is 2. The van der Waals surface area contributed by atoms with Crippen molar-refractivity contribution < 1.29 is 120 Å². The van der Waals surface area contributed by atoms with Gasteiger partial charge in [-0.25, -0.2) is 18.7 Å². The molecule has 0 saturated carbocycles. The predicted octanol–water partition coefficient (Wildman–Crippen LogP) is -7.17. The van der Waals surface area contributed by atoms with Gasteiger partial charge in [0.05, 0.1) is 19.3 Å². The van der Waals surface area contributed by atoms with E-state index in [1.54, 1.807) is 0 Å². The quantitative estimate of drug-likeness (QED) is 0.0235. The molecule has 1 aromatic heterocycles. The summed E-state index contributed by atoms with van der Waals surface area (Å²) in [5.41, 5.74) is 3.64. The number of ether oxygens (including phenoxy) is 3. The first-order valence-electron chi connectivity index (χ1n) is 25.0. The fraction of sp³-hybridized carbons (Fsp3) is 0.698. The Morgan fingerprint density at radius 2 is 1.35 bits per heavy atom. The number of nitrogens with two attached hydrogens (primary N) is 1. The highest BCUT2D eigenvalue weighted by Gasteiger charge is 2.52. The maximum absolute atomic E-state index is 13.4. The van der Waals surface area contributed by atoms with Crippen molar-refractivity contribution in [3.63, 3.8) is 0 Å². The van der Waals surface area contributed by atoms with Crippen LogP contribution >= 0.6 is 15.6 Å². The zero-order valence-corrected chi connectivity index (χ0v) is 46.6. The maximum Gasteiger partial charge on any atom is 0.483 e. The molecule has 2 saturated heterocycles. The normalized spacial score (nSPS) is 25.6. The number of carbonyl (C=O) groups excluding carboxylic acids is 7. The van der Waals surface area contributed by atoms with Crippen LogP contribution in [0.5, 0.6) is 0 Å². The number of hydrogen-bond donors (Lipinski definition) is 17. The lowest BCUT2D eigenvalue weighted by molar-refractivity contribution is -0.261. The number of carboxylic acids is 2.